The number of ether oxygens (including phenoxy) is 3. The highest BCUT2D eigenvalue weighted by atomic mass is 16.7. The number of pyridine rings is 1. The van der Waals surface area contributed by atoms with E-state index in [9.17, 15) is 9.59 Å². The first kappa shape index (κ1) is 23.2. The molecule has 0 aliphatic carbocycles. The summed E-state index contributed by atoms with van der Waals surface area (Å²) in [6, 6.07) is 8.85. The van der Waals surface area contributed by atoms with E-state index < -0.39 is 23.5 Å². The van der Waals surface area contributed by atoms with Gasteiger partial charge in [0.15, 0.2) is 0 Å². The van der Waals surface area contributed by atoms with Gasteiger partial charge in [-0.05, 0) is 71.7 Å². The number of amides is 1. The molecule has 0 aliphatic heterocycles. The number of anilines is 1. The van der Waals surface area contributed by atoms with Crippen LogP contribution in [0.5, 0.6) is 5.75 Å². The molecule has 0 aliphatic rings. The summed E-state index contributed by atoms with van der Waals surface area (Å²) in [5, 5.41) is 0. The van der Waals surface area contributed by atoms with E-state index in [0.717, 1.165) is 11.1 Å². The molecule has 0 bridgehead atoms. The Morgan fingerprint density at radius 2 is 1.67 bits per heavy atom. The number of aryl methyl sites for hydroxylation is 1. The van der Waals surface area contributed by atoms with E-state index in [1.165, 1.54) is 4.90 Å². The van der Waals surface area contributed by atoms with Gasteiger partial charge in [0.1, 0.15) is 17.0 Å². The Labute approximate surface area is 178 Å². The van der Waals surface area contributed by atoms with Crippen molar-refractivity contribution in [1.82, 2.24) is 4.98 Å². The van der Waals surface area contributed by atoms with Gasteiger partial charge >= 0.3 is 12.2 Å². The van der Waals surface area contributed by atoms with Crippen molar-refractivity contribution in [2.45, 2.75) is 66.2 Å². The first-order valence-electron chi connectivity index (χ1n) is 9.75. The standard InChI is InChI=1S/C23H30N2O5/c1-16-10-11-18(13-19(16)28-21(27)30-23(5,6)7)25(20(26)29-22(2,3)4)15-17-9-8-12-24-14-17/h8-14H,15H2,1-7H3. The van der Waals surface area contributed by atoms with E-state index in [0.29, 0.717) is 11.4 Å². The number of hydrogen-bond acceptors (Lipinski definition) is 6. The van der Waals surface area contributed by atoms with Crippen LogP contribution in [0.25, 0.3) is 0 Å². The van der Waals surface area contributed by atoms with Crippen molar-refractivity contribution in [2.24, 2.45) is 0 Å². The Morgan fingerprint density at radius 3 is 2.23 bits per heavy atom. The molecule has 1 aromatic heterocycles. The van der Waals surface area contributed by atoms with Crippen molar-refractivity contribution in [3.8, 4) is 5.75 Å². The van der Waals surface area contributed by atoms with Crippen LogP contribution in [0.2, 0.25) is 0 Å². The van der Waals surface area contributed by atoms with Crippen LogP contribution < -0.4 is 9.64 Å². The third-order valence-corrected chi connectivity index (χ3v) is 3.74. The molecule has 162 valence electrons. The highest BCUT2D eigenvalue weighted by Gasteiger charge is 2.25. The molecule has 7 nitrogen and oxygen atoms in total. The van der Waals surface area contributed by atoms with Crippen LogP contribution in [0, 0.1) is 6.92 Å². The second kappa shape index (κ2) is 9.15. The first-order valence-corrected chi connectivity index (χ1v) is 9.75. The van der Waals surface area contributed by atoms with Crippen LogP contribution in [0.1, 0.15) is 52.7 Å². The number of rotatable bonds is 4. The van der Waals surface area contributed by atoms with E-state index in [2.05, 4.69) is 4.98 Å². The number of carbonyl (C=O) groups excluding carboxylic acids is 2. The average Bonchev–Trinajstić information content (AvgIpc) is 2.59. The summed E-state index contributed by atoms with van der Waals surface area (Å²) in [5.74, 6) is 0.307. The van der Waals surface area contributed by atoms with E-state index in [1.54, 1.807) is 78.2 Å². The fourth-order valence-corrected chi connectivity index (χ4v) is 2.48. The lowest BCUT2D eigenvalue weighted by Crippen LogP contribution is -2.36. The molecule has 1 aromatic carbocycles. The Kier molecular flexibility index (Phi) is 7.08. The van der Waals surface area contributed by atoms with Crippen LogP contribution in [0.3, 0.4) is 0 Å². The molecule has 1 heterocycles. The SMILES string of the molecule is Cc1ccc(N(Cc2cccnc2)C(=O)OC(C)(C)C)cc1OC(=O)OC(C)(C)C. The fraction of sp³-hybridized carbons (Fsp3) is 0.435. The maximum atomic E-state index is 12.9. The monoisotopic (exact) mass is 414 g/mol. The van der Waals surface area contributed by atoms with E-state index in [-0.39, 0.29) is 6.54 Å². The Morgan fingerprint density at radius 1 is 1.00 bits per heavy atom. The molecule has 0 spiro atoms. The van der Waals surface area contributed by atoms with Gasteiger partial charge in [-0.1, -0.05) is 12.1 Å². The Bertz CT molecular complexity index is 883. The van der Waals surface area contributed by atoms with Crippen molar-refractivity contribution in [2.75, 3.05) is 4.90 Å². The smallest absolute Gasteiger partial charge is 0.443 e. The van der Waals surface area contributed by atoms with Gasteiger partial charge in [-0.3, -0.25) is 9.88 Å². The minimum absolute atomic E-state index is 0.248. The first-order chi connectivity index (χ1) is 13.8. The van der Waals surface area contributed by atoms with Gasteiger partial charge in [-0.25, -0.2) is 9.59 Å². The number of hydrogen-bond donors (Lipinski definition) is 0. The molecular formula is C23H30N2O5. The Hall–Kier alpha value is -3.09. The predicted molar refractivity (Wildman–Crippen MR) is 115 cm³/mol. The number of nitrogens with zero attached hydrogens (tertiary/aromatic N) is 2. The normalized spacial score (nSPS) is 11.6. The minimum atomic E-state index is -0.807. The number of carbonyl (C=O) groups is 2. The summed E-state index contributed by atoms with van der Waals surface area (Å²) in [5.41, 5.74) is 0.752. The molecule has 2 aromatic rings. The molecule has 1 amide bonds. The summed E-state index contributed by atoms with van der Waals surface area (Å²) < 4.78 is 16.2. The van der Waals surface area contributed by atoms with Crippen molar-refractivity contribution in [3.05, 3.63) is 53.9 Å². The minimum Gasteiger partial charge on any atom is -0.443 e. The van der Waals surface area contributed by atoms with Crippen LogP contribution in [-0.4, -0.2) is 28.4 Å². The van der Waals surface area contributed by atoms with E-state index in [1.807, 2.05) is 13.0 Å². The maximum absolute atomic E-state index is 12.9. The van der Waals surface area contributed by atoms with Crippen LogP contribution in [-0.2, 0) is 16.0 Å². The highest BCUT2D eigenvalue weighted by Crippen LogP contribution is 2.28. The molecule has 0 saturated heterocycles. The second-order valence-electron chi connectivity index (χ2n) is 8.94. The molecular weight excluding hydrogens is 384 g/mol. The number of benzene rings is 1. The zero-order valence-corrected chi connectivity index (χ0v) is 18.7. The lowest BCUT2D eigenvalue weighted by atomic mass is 10.1. The van der Waals surface area contributed by atoms with E-state index in [4.69, 9.17) is 14.2 Å². The van der Waals surface area contributed by atoms with Crippen LogP contribution >= 0.6 is 0 Å². The molecule has 7 heteroatoms. The Balaban J connectivity index is 2.35. The van der Waals surface area contributed by atoms with Gasteiger partial charge in [0.25, 0.3) is 0 Å². The number of aromatic nitrogens is 1. The van der Waals surface area contributed by atoms with Crippen molar-refractivity contribution in [1.29, 1.82) is 0 Å². The summed E-state index contributed by atoms with van der Waals surface area (Å²) in [6.45, 7) is 12.7. The van der Waals surface area contributed by atoms with Gasteiger partial charge < -0.3 is 14.2 Å². The van der Waals surface area contributed by atoms with Crippen molar-refractivity contribution in [3.63, 3.8) is 0 Å². The highest BCUT2D eigenvalue weighted by molar-refractivity contribution is 5.88. The zero-order valence-electron chi connectivity index (χ0n) is 18.7. The van der Waals surface area contributed by atoms with Gasteiger partial charge in [0.05, 0.1) is 12.2 Å². The summed E-state index contributed by atoms with van der Waals surface area (Å²) in [6.07, 6.45) is 2.03. The van der Waals surface area contributed by atoms with E-state index >= 15 is 0 Å². The summed E-state index contributed by atoms with van der Waals surface area (Å²) in [4.78, 5) is 30.6. The zero-order chi connectivity index (χ0) is 22.5. The third-order valence-electron chi connectivity index (χ3n) is 3.74. The molecule has 0 N–H and O–H groups in total. The molecule has 0 unspecified atom stereocenters. The molecule has 0 radical (unpaired) electrons. The lowest BCUT2D eigenvalue weighted by molar-refractivity contribution is 0.0205. The molecule has 30 heavy (non-hydrogen) atoms. The van der Waals surface area contributed by atoms with Crippen LogP contribution in [0.15, 0.2) is 42.7 Å². The van der Waals surface area contributed by atoms with Crippen molar-refractivity contribution < 1.29 is 23.8 Å². The summed E-state index contributed by atoms with van der Waals surface area (Å²) in [7, 11) is 0. The van der Waals surface area contributed by atoms with Gasteiger partial charge in [-0.2, -0.15) is 0 Å². The third kappa shape index (κ3) is 7.39. The van der Waals surface area contributed by atoms with Crippen LogP contribution in [0.4, 0.5) is 15.3 Å². The summed E-state index contributed by atoms with van der Waals surface area (Å²) >= 11 is 0. The van der Waals surface area contributed by atoms with Gasteiger partial charge in [0, 0.05) is 18.5 Å². The average molecular weight is 415 g/mol. The van der Waals surface area contributed by atoms with Gasteiger partial charge in [-0.15, -0.1) is 0 Å². The predicted octanol–water partition coefficient (Wildman–Crippen LogP) is 5.65. The molecule has 0 atom stereocenters. The maximum Gasteiger partial charge on any atom is 0.514 e. The topological polar surface area (TPSA) is 78.0 Å². The molecule has 0 fully saturated rings. The van der Waals surface area contributed by atoms with Crippen molar-refractivity contribution >= 4 is 17.9 Å². The molecule has 0 saturated carbocycles. The fourth-order valence-electron chi connectivity index (χ4n) is 2.48. The van der Waals surface area contributed by atoms with Gasteiger partial charge in [0.2, 0.25) is 0 Å². The lowest BCUT2D eigenvalue weighted by Gasteiger charge is -2.28. The largest absolute Gasteiger partial charge is 0.514 e. The quantitative estimate of drug-likeness (QED) is 0.475. The molecule has 2 rings (SSSR count). The second-order valence-corrected chi connectivity index (χ2v) is 8.94.